The summed E-state index contributed by atoms with van der Waals surface area (Å²) in [6.07, 6.45) is 0. The van der Waals surface area contributed by atoms with Crippen LogP contribution in [0, 0.1) is 6.92 Å². The fraction of sp³-hybridized carbons (Fsp3) is 0.154. The van der Waals surface area contributed by atoms with E-state index in [1.54, 1.807) is 24.3 Å². The number of rotatable bonds is 7. The predicted octanol–water partition coefficient (Wildman–Crippen LogP) is 3.99. The van der Waals surface area contributed by atoms with Crippen molar-refractivity contribution in [3.8, 4) is 5.75 Å². The van der Waals surface area contributed by atoms with Gasteiger partial charge in [0, 0.05) is 12.6 Å². The first-order valence-corrected chi connectivity index (χ1v) is 10.6. The fourth-order valence-corrected chi connectivity index (χ4v) is 3.59. The number of esters is 1. The largest absolute Gasteiger partial charge is 0.490 e. The topological polar surface area (TPSA) is 102 Å². The predicted molar refractivity (Wildman–Crippen MR) is 125 cm³/mol. The zero-order valence-corrected chi connectivity index (χ0v) is 18.7. The highest BCUT2D eigenvalue weighted by molar-refractivity contribution is 6.34. The number of amides is 3. The second kappa shape index (κ2) is 9.58. The molecule has 3 aromatic carbocycles. The number of para-hydroxylation sites is 1. The number of nitrogens with one attached hydrogen (secondary N) is 1. The normalized spacial score (nSPS) is 12.4. The van der Waals surface area contributed by atoms with Crippen molar-refractivity contribution >= 4 is 35.1 Å². The Balaban J connectivity index is 1.42. The van der Waals surface area contributed by atoms with Crippen LogP contribution in [-0.2, 0) is 9.53 Å². The van der Waals surface area contributed by atoms with Crippen molar-refractivity contribution in [1.29, 1.82) is 0 Å². The SMILES string of the molecule is CC(=O)Nc1ccc(N2C(=O)c3ccc(C(=O)OCCOc4ccccc4C)cc3C2=O)cc1. The summed E-state index contributed by atoms with van der Waals surface area (Å²) in [7, 11) is 0. The lowest BCUT2D eigenvalue weighted by Gasteiger charge is -2.14. The van der Waals surface area contributed by atoms with E-state index < -0.39 is 17.8 Å². The van der Waals surface area contributed by atoms with Gasteiger partial charge >= 0.3 is 5.97 Å². The van der Waals surface area contributed by atoms with Crippen LogP contribution in [0.4, 0.5) is 11.4 Å². The minimum Gasteiger partial charge on any atom is -0.490 e. The molecule has 1 heterocycles. The van der Waals surface area contributed by atoms with Gasteiger partial charge in [0.2, 0.25) is 5.91 Å². The lowest BCUT2D eigenvalue weighted by Crippen LogP contribution is -2.29. The Hall–Kier alpha value is -4.46. The molecule has 8 heteroatoms. The molecule has 4 rings (SSSR count). The molecule has 0 bridgehead atoms. The third kappa shape index (κ3) is 4.66. The number of benzene rings is 3. The summed E-state index contributed by atoms with van der Waals surface area (Å²) in [5.41, 5.74) is 2.38. The van der Waals surface area contributed by atoms with E-state index in [0.29, 0.717) is 17.1 Å². The summed E-state index contributed by atoms with van der Waals surface area (Å²) in [5.74, 6) is -1.15. The van der Waals surface area contributed by atoms with Gasteiger partial charge in [-0.3, -0.25) is 14.4 Å². The van der Waals surface area contributed by atoms with Crippen LogP contribution in [0.1, 0.15) is 43.6 Å². The van der Waals surface area contributed by atoms with Crippen LogP contribution in [0.2, 0.25) is 0 Å². The van der Waals surface area contributed by atoms with Gasteiger partial charge in [-0.15, -0.1) is 0 Å². The lowest BCUT2D eigenvalue weighted by molar-refractivity contribution is -0.114. The molecule has 1 aliphatic rings. The first kappa shape index (κ1) is 22.7. The van der Waals surface area contributed by atoms with E-state index in [1.807, 2.05) is 31.2 Å². The molecule has 0 saturated heterocycles. The van der Waals surface area contributed by atoms with Gasteiger partial charge in [-0.25, -0.2) is 9.69 Å². The van der Waals surface area contributed by atoms with Crippen molar-refractivity contribution < 1.29 is 28.7 Å². The standard InChI is InChI=1S/C26H22N2O6/c1-16-5-3-4-6-23(16)33-13-14-34-26(32)18-7-12-21-22(15-18)25(31)28(24(21)30)20-10-8-19(9-11-20)27-17(2)29/h3-12,15H,13-14H2,1-2H3,(H,27,29). The monoisotopic (exact) mass is 458 g/mol. The molecule has 1 N–H and O–H groups in total. The second-order valence-corrected chi connectivity index (χ2v) is 7.68. The molecule has 0 unspecified atom stereocenters. The maximum absolute atomic E-state index is 13.0. The molecule has 0 fully saturated rings. The number of aryl methyl sites for hydroxylation is 1. The maximum Gasteiger partial charge on any atom is 0.338 e. The van der Waals surface area contributed by atoms with Crippen molar-refractivity contribution in [3.05, 3.63) is 89.0 Å². The van der Waals surface area contributed by atoms with Crippen LogP contribution >= 0.6 is 0 Å². The second-order valence-electron chi connectivity index (χ2n) is 7.68. The van der Waals surface area contributed by atoms with Crippen LogP contribution in [0.15, 0.2) is 66.7 Å². The number of carbonyl (C=O) groups is 4. The number of fused-ring (bicyclic) bond motifs is 1. The minimum atomic E-state index is -0.616. The van der Waals surface area contributed by atoms with Gasteiger partial charge in [-0.05, 0) is 61.0 Å². The van der Waals surface area contributed by atoms with Gasteiger partial charge in [0.05, 0.1) is 22.4 Å². The quantitative estimate of drug-likeness (QED) is 0.326. The summed E-state index contributed by atoms with van der Waals surface area (Å²) in [4.78, 5) is 50.5. The van der Waals surface area contributed by atoms with Crippen molar-refractivity contribution in [2.45, 2.75) is 13.8 Å². The number of ether oxygens (including phenoxy) is 2. The molecular formula is C26H22N2O6. The summed E-state index contributed by atoms with van der Waals surface area (Å²) in [6.45, 7) is 3.52. The van der Waals surface area contributed by atoms with E-state index in [-0.39, 0.29) is 35.8 Å². The highest BCUT2D eigenvalue weighted by Gasteiger charge is 2.37. The Kier molecular flexibility index (Phi) is 6.40. The molecule has 3 amide bonds. The van der Waals surface area contributed by atoms with Crippen LogP contribution < -0.4 is 15.0 Å². The van der Waals surface area contributed by atoms with Gasteiger partial charge in [-0.1, -0.05) is 18.2 Å². The number of imide groups is 1. The lowest BCUT2D eigenvalue weighted by atomic mass is 10.1. The highest BCUT2D eigenvalue weighted by Crippen LogP contribution is 2.30. The molecule has 34 heavy (non-hydrogen) atoms. The average Bonchev–Trinajstić information content (AvgIpc) is 3.07. The maximum atomic E-state index is 13.0. The molecule has 0 spiro atoms. The molecule has 0 atom stereocenters. The molecule has 1 aliphatic heterocycles. The number of hydrogen-bond acceptors (Lipinski definition) is 6. The minimum absolute atomic E-state index is 0.0316. The Morgan fingerprint density at radius 1 is 0.882 bits per heavy atom. The Morgan fingerprint density at radius 3 is 2.29 bits per heavy atom. The summed E-state index contributed by atoms with van der Waals surface area (Å²) >= 11 is 0. The van der Waals surface area contributed by atoms with Crippen LogP contribution in [0.5, 0.6) is 5.75 Å². The van der Waals surface area contributed by atoms with Crippen molar-refractivity contribution in [3.63, 3.8) is 0 Å². The van der Waals surface area contributed by atoms with Gasteiger partial charge in [0.15, 0.2) is 0 Å². The Bertz CT molecular complexity index is 1280. The van der Waals surface area contributed by atoms with Crippen molar-refractivity contribution in [1.82, 2.24) is 0 Å². The van der Waals surface area contributed by atoms with Crippen LogP contribution in [0.25, 0.3) is 0 Å². The van der Waals surface area contributed by atoms with E-state index in [2.05, 4.69) is 5.32 Å². The zero-order chi connectivity index (χ0) is 24.2. The molecule has 0 aliphatic carbocycles. The molecule has 0 radical (unpaired) electrons. The third-order valence-electron chi connectivity index (χ3n) is 5.24. The van der Waals surface area contributed by atoms with Gasteiger partial charge in [-0.2, -0.15) is 0 Å². The van der Waals surface area contributed by atoms with E-state index in [4.69, 9.17) is 9.47 Å². The van der Waals surface area contributed by atoms with Crippen LogP contribution in [-0.4, -0.2) is 36.9 Å². The first-order chi connectivity index (χ1) is 16.3. The Labute approximate surface area is 196 Å². The first-order valence-electron chi connectivity index (χ1n) is 10.6. The molecule has 8 nitrogen and oxygen atoms in total. The number of carbonyl (C=O) groups excluding carboxylic acids is 4. The zero-order valence-electron chi connectivity index (χ0n) is 18.7. The summed E-state index contributed by atoms with van der Waals surface area (Å²) < 4.78 is 10.9. The number of anilines is 2. The summed E-state index contributed by atoms with van der Waals surface area (Å²) in [5, 5.41) is 2.63. The molecular weight excluding hydrogens is 436 g/mol. The van der Waals surface area contributed by atoms with E-state index >= 15 is 0 Å². The fourth-order valence-electron chi connectivity index (χ4n) is 3.59. The highest BCUT2D eigenvalue weighted by atomic mass is 16.6. The van der Waals surface area contributed by atoms with Gasteiger partial charge in [0.25, 0.3) is 11.8 Å². The average molecular weight is 458 g/mol. The number of nitrogens with zero attached hydrogens (tertiary/aromatic N) is 1. The smallest absolute Gasteiger partial charge is 0.338 e. The van der Waals surface area contributed by atoms with Crippen molar-refractivity contribution in [2.75, 3.05) is 23.4 Å². The molecule has 0 aromatic heterocycles. The Morgan fingerprint density at radius 2 is 1.59 bits per heavy atom. The van der Waals surface area contributed by atoms with E-state index in [0.717, 1.165) is 10.5 Å². The van der Waals surface area contributed by atoms with Crippen LogP contribution in [0.3, 0.4) is 0 Å². The van der Waals surface area contributed by atoms with E-state index in [1.165, 1.54) is 25.1 Å². The van der Waals surface area contributed by atoms with Crippen molar-refractivity contribution in [2.24, 2.45) is 0 Å². The van der Waals surface area contributed by atoms with Gasteiger partial charge in [0.1, 0.15) is 19.0 Å². The molecule has 3 aromatic rings. The van der Waals surface area contributed by atoms with Gasteiger partial charge < -0.3 is 14.8 Å². The van der Waals surface area contributed by atoms with E-state index in [9.17, 15) is 19.2 Å². The third-order valence-corrected chi connectivity index (χ3v) is 5.24. The molecule has 172 valence electrons. The molecule has 0 saturated carbocycles. The summed E-state index contributed by atoms with van der Waals surface area (Å²) in [6, 6.07) is 18.1. The number of hydrogen-bond donors (Lipinski definition) is 1.